The monoisotopic (exact) mass is 489 g/mol. The van der Waals surface area contributed by atoms with Gasteiger partial charge in [-0.15, -0.1) is 0 Å². The topological polar surface area (TPSA) is 118 Å². The highest BCUT2D eigenvalue weighted by atomic mass is 79.9. The number of rotatable bonds is 6. The van der Waals surface area contributed by atoms with E-state index in [9.17, 15) is 23.3 Å². The molecule has 0 unspecified atom stereocenters. The lowest BCUT2D eigenvalue weighted by Crippen LogP contribution is -2.15. The Morgan fingerprint density at radius 3 is 2.40 bits per heavy atom. The van der Waals surface area contributed by atoms with Crippen molar-refractivity contribution in [1.29, 1.82) is 0 Å². The van der Waals surface area contributed by atoms with Crippen LogP contribution >= 0.6 is 15.9 Å². The Morgan fingerprint density at radius 1 is 1.03 bits per heavy atom. The molecule has 154 valence electrons. The van der Waals surface area contributed by atoms with Gasteiger partial charge in [0.2, 0.25) is 0 Å². The summed E-state index contributed by atoms with van der Waals surface area (Å²) in [5, 5.41) is 13.7. The Labute approximate surface area is 181 Å². The number of amides is 1. The molecule has 0 spiro atoms. The molecular formula is C20H16BrN3O5S. The van der Waals surface area contributed by atoms with Gasteiger partial charge in [-0.1, -0.05) is 24.3 Å². The molecule has 8 nitrogen and oxygen atoms in total. The number of nitro benzene ring substituents is 1. The largest absolute Gasteiger partial charge is 0.322 e. The third-order valence-electron chi connectivity index (χ3n) is 4.20. The van der Waals surface area contributed by atoms with Gasteiger partial charge >= 0.3 is 0 Å². The highest BCUT2D eigenvalue weighted by molar-refractivity contribution is 9.10. The van der Waals surface area contributed by atoms with Gasteiger partial charge in [0.05, 0.1) is 20.0 Å². The molecule has 0 bridgehead atoms. The molecule has 3 aromatic rings. The molecule has 0 aromatic heterocycles. The molecule has 2 N–H and O–H groups in total. The summed E-state index contributed by atoms with van der Waals surface area (Å²) in [5.74, 6) is -0.564. The first-order valence-electron chi connectivity index (χ1n) is 8.61. The van der Waals surface area contributed by atoms with E-state index in [0.29, 0.717) is 16.9 Å². The second-order valence-electron chi connectivity index (χ2n) is 6.33. The minimum absolute atomic E-state index is 0.0943. The SMILES string of the molecule is Cc1ccc(NC(=O)c2ccc(Br)c([N+](=O)[O-])c2)cc1NS(=O)(=O)c1ccccc1. The van der Waals surface area contributed by atoms with Gasteiger partial charge in [-0.2, -0.15) is 0 Å². The van der Waals surface area contributed by atoms with E-state index in [1.807, 2.05) is 0 Å². The maximum atomic E-state index is 12.6. The summed E-state index contributed by atoms with van der Waals surface area (Å²) in [7, 11) is -3.80. The number of benzene rings is 3. The lowest BCUT2D eigenvalue weighted by molar-refractivity contribution is -0.385. The summed E-state index contributed by atoms with van der Waals surface area (Å²) < 4.78 is 27.9. The standard InChI is InChI=1S/C20H16BrN3O5S/c1-13-7-9-15(12-18(13)23-30(28,29)16-5-3-2-4-6-16)22-20(25)14-8-10-17(21)19(11-14)24(26)27/h2-12,23H,1H3,(H,22,25). The maximum absolute atomic E-state index is 12.6. The zero-order chi connectivity index (χ0) is 21.9. The molecule has 0 aliphatic rings. The van der Waals surface area contributed by atoms with E-state index >= 15 is 0 Å². The van der Waals surface area contributed by atoms with Crippen LogP contribution < -0.4 is 10.0 Å². The number of carbonyl (C=O) groups is 1. The number of aryl methyl sites for hydroxylation is 1. The second kappa shape index (κ2) is 8.64. The predicted octanol–water partition coefficient (Wildman–Crippen LogP) is 4.72. The molecule has 3 rings (SSSR count). The van der Waals surface area contributed by atoms with Crippen LogP contribution in [0, 0.1) is 17.0 Å². The third-order valence-corrected chi connectivity index (χ3v) is 6.25. The van der Waals surface area contributed by atoms with Gasteiger partial charge in [0.25, 0.3) is 21.6 Å². The van der Waals surface area contributed by atoms with E-state index in [0.717, 1.165) is 6.07 Å². The van der Waals surface area contributed by atoms with Crippen molar-refractivity contribution < 1.29 is 18.1 Å². The number of sulfonamides is 1. The molecule has 10 heteroatoms. The molecular weight excluding hydrogens is 474 g/mol. The predicted molar refractivity (Wildman–Crippen MR) is 117 cm³/mol. The summed E-state index contributed by atoms with van der Waals surface area (Å²) in [6, 6.07) is 16.7. The van der Waals surface area contributed by atoms with Crippen LogP contribution in [0.4, 0.5) is 17.1 Å². The Morgan fingerprint density at radius 2 is 1.73 bits per heavy atom. The van der Waals surface area contributed by atoms with E-state index in [1.54, 1.807) is 37.3 Å². The normalized spacial score (nSPS) is 11.0. The van der Waals surface area contributed by atoms with E-state index in [-0.39, 0.29) is 20.6 Å². The van der Waals surface area contributed by atoms with Crippen LogP contribution in [0.5, 0.6) is 0 Å². The molecule has 0 saturated carbocycles. The molecule has 0 fully saturated rings. The van der Waals surface area contributed by atoms with Crippen molar-refractivity contribution in [2.24, 2.45) is 0 Å². The zero-order valence-corrected chi connectivity index (χ0v) is 18.0. The fraction of sp³-hybridized carbons (Fsp3) is 0.0500. The van der Waals surface area contributed by atoms with Crippen molar-refractivity contribution in [1.82, 2.24) is 0 Å². The van der Waals surface area contributed by atoms with Crippen LogP contribution in [0.25, 0.3) is 0 Å². The number of halogens is 1. The molecule has 0 saturated heterocycles. The van der Waals surface area contributed by atoms with Crippen LogP contribution in [-0.2, 0) is 10.0 Å². The van der Waals surface area contributed by atoms with Gasteiger partial charge in [0.1, 0.15) is 0 Å². The van der Waals surface area contributed by atoms with Crippen molar-refractivity contribution in [3.05, 3.63) is 92.4 Å². The van der Waals surface area contributed by atoms with Gasteiger partial charge in [0.15, 0.2) is 0 Å². The fourth-order valence-electron chi connectivity index (χ4n) is 2.61. The number of hydrogen-bond donors (Lipinski definition) is 2. The number of nitro groups is 1. The van der Waals surface area contributed by atoms with Gasteiger partial charge in [-0.3, -0.25) is 19.6 Å². The van der Waals surface area contributed by atoms with E-state index in [4.69, 9.17) is 0 Å². The summed E-state index contributed by atoms with van der Waals surface area (Å²) in [6.45, 7) is 1.73. The van der Waals surface area contributed by atoms with Crippen LogP contribution in [0.2, 0.25) is 0 Å². The average molecular weight is 490 g/mol. The summed E-state index contributed by atoms with van der Waals surface area (Å²) in [5.41, 5.74) is 1.16. The summed E-state index contributed by atoms with van der Waals surface area (Å²) >= 11 is 3.07. The van der Waals surface area contributed by atoms with Crippen molar-refractivity contribution in [2.45, 2.75) is 11.8 Å². The van der Waals surface area contributed by atoms with Crippen molar-refractivity contribution in [3.8, 4) is 0 Å². The third kappa shape index (κ3) is 4.84. The van der Waals surface area contributed by atoms with Crippen LogP contribution in [0.15, 0.2) is 76.1 Å². The van der Waals surface area contributed by atoms with E-state index in [2.05, 4.69) is 26.0 Å². The van der Waals surface area contributed by atoms with E-state index < -0.39 is 20.9 Å². The molecule has 0 atom stereocenters. The van der Waals surface area contributed by atoms with Gasteiger partial charge in [0, 0.05) is 17.3 Å². The first-order chi connectivity index (χ1) is 14.2. The van der Waals surface area contributed by atoms with Crippen molar-refractivity contribution in [2.75, 3.05) is 10.0 Å². The molecule has 1 amide bonds. The minimum Gasteiger partial charge on any atom is -0.322 e. The molecule has 0 aliphatic heterocycles. The zero-order valence-electron chi connectivity index (χ0n) is 15.6. The smallest absolute Gasteiger partial charge is 0.284 e. The van der Waals surface area contributed by atoms with Gasteiger partial charge < -0.3 is 5.32 Å². The Bertz CT molecular complexity index is 1230. The number of hydrogen-bond acceptors (Lipinski definition) is 5. The lowest BCUT2D eigenvalue weighted by Gasteiger charge is -2.13. The second-order valence-corrected chi connectivity index (χ2v) is 8.86. The summed E-state index contributed by atoms with van der Waals surface area (Å²) in [4.78, 5) is 23.1. The van der Waals surface area contributed by atoms with Crippen LogP contribution in [0.1, 0.15) is 15.9 Å². The van der Waals surface area contributed by atoms with Crippen LogP contribution in [-0.4, -0.2) is 19.2 Å². The minimum atomic E-state index is -3.80. The van der Waals surface area contributed by atoms with Crippen molar-refractivity contribution >= 4 is 48.9 Å². The summed E-state index contributed by atoms with van der Waals surface area (Å²) in [6.07, 6.45) is 0. The highest BCUT2D eigenvalue weighted by Gasteiger charge is 2.18. The molecule has 0 aliphatic carbocycles. The first-order valence-corrected chi connectivity index (χ1v) is 10.9. The molecule has 3 aromatic carbocycles. The first kappa shape index (κ1) is 21.5. The Balaban J connectivity index is 1.84. The molecule has 0 radical (unpaired) electrons. The lowest BCUT2D eigenvalue weighted by atomic mass is 10.1. The van der Waals surface area contributed by atoms with Crippen molar-refractivity contribution in [3.63, 3.8) is 0 Å². The number of anilines is 2. The number of nitrogens with zero attached hydrogens (tertiary/aromatic N) is 1. The Hall–Kier alpha value is -3.24. The Kier molecular flexibility index (Phi) is 6.18. The number of carbonyl (C=O) groups excluding carboxylic acids is 1. The molecule has 30 heavy (non-hydrogen) atoms. The maximum Gasteiger partial charge on any atom is 0.284 e. The molecule has 0 heterocycles. The quantitative estimate of drug-likeness (QED) is 0.383. The number of nitrogens with one attached hydrogen (secondary N) is 2. The van der Waals surface area contributed by atoms with Gasteiger partial charge in [-0.25, -0.2) is 8.42 Å². The van der Waals surface area contributed by atoms with Crippen LogP contribution in [0.3, 0.4) is 0 Å². The van der Waals surface area contributed by atoms with Gasteiger partial charge in [-0.05, 0) is 64.8 Å². The van der Waals surface area contributed by atoms with E-state index in [1.165, 1.54) is 30.3 Å². The highest BCUT2D eigenvalue weighted by Crippen LogP contribution is 2.27. The fourth-order valence-corrected chi connectivity index (χ4v) is 4.14. The average Bonchev–Trinajstić information content (AvgIpc) is 2.71.